The average molecular weight is 386 g/mol. The van der Waals surface area contributed by atoms with Crippen LogP contribution in [0.2, 0.25) is 0 Å². The van der Waals surface area contributed by atoms with Gasteiger partial charge in [0.1, 0.15) is 0 Å². The van der Waals surface area contributed by atoms with Crippen molar-refractivity contribution in [3.05, 3.63) is 17.1 Å². The van der Waals surface area contributed by atoms with Crippen molar-refractivity contribution in [2.24, 2.45) is 0 Å². The third-order valence-electron chi connectivity index (χ3n) is 4.67. The summed E-state index contributed by atoms with van der Waals surface area (Å²) in [5.74, 6) is 2.12. The molecule has 25 heavy (non-hydrogen) atoms. The molecule has 1 saturated heterocycles. The number of thioether (sulfide) groups is 1. The zero-order valence-electron chi connectivity index (χ0n) is 15.5. The van der Waals surface area contributed by atoms with E-state index in [-0.39, 0.29) is 6.09 Å². The number of rotatable bonds is 12. The van der Waals surface area contributed by atoms with E-state index >= 15 is 0 Å². The van der Waals surface area contributed by atoms with E-state index in [0.717, 1.165) is 43.9 Å². The summed E-state index contributed by atoms with van der Waals surface area (Å²) in [6, 6.07) is 0.356. The molecular formula is C19H33N2O2S2+. The van der Waals surface area contributed by atoms with Crippen LogP contribution in [0.3, 0.4) is 0 Å². The molecule has 142 valence electrons. The summed E-state index contributed by atoms with van der Waals surface area (Å²) in [6.07, 6.45) is 11.6. The Kier molecular flexibility index (Phi) is 10.3. The maximum absolute atomic E-state index is 12.3. The molecule has 0 unspecified atom stereocenters. The van der Waals surface area contributed by atoms with Crippen molar-refractivity contribution in [2.45, 2.75) is 70.9 Å². The Hall–Kier alpha value is -0.750. The van der Waals surface area contributed by atoms with E-state index in [4.69, 9.17) is 4.74 Å². The molecule has 1 amide bonds. The van der Waals surface area contributed by atoms with Gasteiger partial charge in [0.15, 0.2) is 12.7 Å². The van der Waals surface area contributed by atoms with Crippen LogP contribution in [0.1, 0.15) is 58.3 Å². The molecule has 0 aromatic carbocycles. The topological polar surface area (TPSA) is 33.4 Å². The van der Waals surface area contributed by atoms with Gasteiger partial charge in [-0.05, 0) is 19.3 Å². The molecular weight excluding hydrogens is 352 g/mol. The van der Waals surface area contributed by atoms with Crippen molar-refractivity contribution in [3.63, 3.8) is 0 Å². The van der Waals surface area contributed by atoms with Gasteiger partial charge < -0.3 is 9.64 Å². The quantitative estimate of drug-likeness (QED) is 0.385. The second-order valence-corrected chi connectivity index (χ2v) is 8.62. The summed E-state index contributed by atoms with van der Waals surface area (Å²) in [5, 5.41) is 2.10. The lowest BCUT2D eigenvalue weighted by atomic mass is 10.1. The third-order valence-corrected chi connectivity index (χ3v) is 6.43. The minimum atomic E-state index is -0.0936. The van der Waals surface area contributed by atoms with Crippen LogP contribution in [-0.2, 0) is 11.3 Å². The van der Waals surface area contributed by atoms with Crippen LogP contribution in [0.4, 0.5) is 4.79 Å². The molecule has 0 saturated carbocycles. The van der Waals surface area contributed by atoms with Gasteiger partial charge in [-0.2, -0.15) is 16.3 Å². The number of likely N-dealkylation sites (tertiary alicyclic amines) is 1. The van der Waals surface area contributed by atoms with Crippen molar-refractivity contribution in [2.75, 3.05) is 24.7 Å². The Morgan fingerprint density at radius 2 is 2.16 bits per heavy atom. The average Bonchev–Trinajstić information content (AvgIpc) is 3.29. The van der Waals surface area contributed by atoms with Gasteiger partial charge in [-0.25, -0.2) is 4.79 Å². The van der Waals surface area contributed by atoms with E-state index in [1.807, 2.05) is 16.7 Å². The van der Waals surface area contributed by atoms with E-state index < -0.39 is 0 Å². The van der Waals surface area contributed by atoms with E-state index in [2.05, 4.69) is 28.6 Å². The van der Waals surface area contributed by atoms with Crippen molar-refractivity contribution in [1.29, 1.82) is 0 Å². The van der Waals surface area contributed by atoms with Gasteiger partial charge in [0.05, 0.1) is 17.7 Å². The number of hydrogen-bond acceptors (Lipinski definition) is 4. The lowest BCUT2D eigenvalue weighted by molar-refractivity contribution is -0.687. The lowest BCUT2D eigenvalue weighted by Gasteiger charge is -2.23. The van der Waals surface area contributed by atoms with Crippen LogP contribution in [0.15, 0.2) is 17.1 Å². The molecule has 6 heteroatoms. The number of carbonyl (C=O) groups is 1. The Labute approximate surface area is 160 Å². The maximum atomic E-state index is 12.3. The second-order valence-electron chi connectivity index (χ2n) is 6.71. The Bertz CT molecular complexity index is 468. The van der Waals surface area contributed by atoms with Crippen LogP contribution in [0.5, 0.6) is 0 Å². The first-order chi connectivity index (χ1) is 12.3. The van der Waals surface area contributed by atoms with Gasteiger partial charge in [0.2, 0.25) is 5.51 Å². The standard InChI is InChI=1S/C19H33N2O2S2/c1-2-3-4-5-6-7-13-23-19(22)21-10-8-9-18(21)16-24-14-11-20-12-15-25-17-20/h12,15,17-18H,2-11,13-14,16H2,1H3/q+1/t18-/m0/s1. The minimum Gasteiger partial charge on any atom is -0.449 e. The van der Waals surface area contributed by atoms with Gasteiger partial charge in [-0.1, -0.05) is 50.4 Å². The van der Waals surface area contributed by atoms with Crippen LogP contribution < -0.4 is 4.57 Å². The van der Waals surface area contributed by atoms with Crippen LogP contribution in [-0.4, -0.2) is 41.7 Å². The Morgan fingerprint density at radius 1 is 1.32 bits per heavy atom. The molecule has 1 aliphatic heterocycles. The van der Waals surface area contributed by atoms with Gasteiger partial charge in [-0.3, -0.25) is 0 Å². The predicted octanol–water partition coefficient (Wildman–Crippen LogP) is 4.73. The lowest BCUT2D eigenvalue weighted by Crippen LogP contribution is -2.38. The predicted molar refractivity (Wildman–Crippen MR) is 106 cm³/mol. The summed E-state index contributed by atoms with van der Waals surface area (Å²) < 4.78 is 7.72. The summed E-state index contributed by atoms with van der Waals surface area (Å²) in [7, 11) is 0. The number of hydrogen-bond donors (Lipinski definition) is 0. The fourth-order valence-electron chi connectivity index (χ4n) is 3.15. The first-order valence-corrected chi connectivity index (χ1v) is 11.8. The summed E-state index contributed by atoms with van der Waals surface area (Å²) in [4.78, 5) is 14.3. The van der Waals surface area contributed by atoms with Crippen LogP contribution in [0, 0.1) is 0 Å². The molecule has 0 spiro atoms. The molecule has 1 fully saturated rings. The van der Waals surface area contributed by atoms with E-state index in [1.165, 1.54) is 32.1 Å². The fraction of sp³-hybridized carbons (Fsp3) is 0.789. The highest BCUT2D eigenvalue weighted by molar-refractivity contribution is 7.99. The van der Waals surface area contributed by atoms with Gasteiger partial charge in [0, 0.05) is 18.3 Å². The van der Waals surface area contributed by atoms with E-state index in [1.54, 1.807) is 11.3 Å². The second kappa shape index (κ2) is 12.6. The van der Waals surface area contributed by atoms with E-state index in [9.17, 15) is 4.79 Å². The molecule has 0 bridgehead atoms. The first kappa shape index (κ1) is 20.6. The molecule has 1 aromatic heterocycles. The number of thiazole rings is 1. The minimum absolute atomic E-state index is 0.0936. The number of ether oxygens (including phenoxy) is 1. The first-order valence-electron chi connectivity index (χ1n) is 9.73. The molecule has 2 heterocycles. The summed E-state index contributed by atoms with van der Waals surface area (Å²) >= 11 is 3.67. The maximum Gasteiger partial charge on any atom is 0.410 e. The van der Waals surface area contributed by atoms with Crippen LogP contribution >= 0.6 is 23.1 Å². The number of carbonyl (C=O) groups excluding carboxylic acids is 1. The van der Waals surface area contributed by atoms with Crippen molar-refractivity contribution in [3.8, 4) is 0 Å². The third kappa shape index (κ3) is 7.99. The molecule has 0 N–H and O–H groups in total. The van der Waals surface area contributed by atoms with Gasteiger partial charge in [-0.15, -0.1) is 0 Å². The number of amides is 1. The molecule has 1 atom stereocenters. The monoisotopic (exact) mass is 385 g/mol. The van der Waals surface area contributed by atoms with Gasteiger partial charge in [0.25, 0.3) is 0 Å². The smallest absolute Gasteiger partial charge is 0.410 e. The summed E-state index contributed by atoms with van der Waals surface area (Å²) in [5.41, 5.74) is 2.14. The summed E-state index contributed by atoms with van der Waals surface area (Å²) in [6.45, 7) is 4.72. The molecule has 1 aromatic rings. The van der Waals surface area contributed by atoms with Crippen molar-refractivity contribution >= 4 is 29.2 Å². The van der Waals surface area contributed by atoms with E-state index in [0.29, 0.717) is 12.6 Å². The van der Waals surface area contributed by atoms with Crippen molar-refractivity contribution in [1.82, 2.24) is 4.90 Å². The molecule has 0 radical (unpaired) electrons. The zero-order chi connectivity index (χ0) is 17.7. The van der Waals surface area contributed by atoms with Gasteiger partial charge >= 0.3 is 6.09 Å². The normalized spacial score (nSPS) is 17.2. The Morgan fingerprint density at radius 3 is 2.96 bits per heavy atom. The number of unbranched alkanes of at least 4 members (excludes halogenated alkanes) is 5. The fourth-order valence-corrected chi connectivity index (χ4v) is 4.91. The van der Waals surface area contributed by atoms with Crippen LogP contribution in [0.25, 0.3) is 0 Å². The highest BCUT2D eigenvalue weighted by Gasteiger charge is 2.29. The highest BCUT2D eigenvalue weighted by Crippen LogP contribution is 2.22. The molecule has 2 rings (SSSR count). The molecule has 1 aliphatic rings. The SMILES string of the molecule is CCCCCCCCOC(=O)N1CCC[C@H]1CSCC[n+]1ccsc1. The van der Waals surface area contributed by atoms with Crippen molar-refractivity contribution < 1.29 is 14.1 Å². The zero-order valence-corrected chi connectivity index (χ0v) is 17.2. The number of nitrogens with zero attached hydrogens (tertiary/aromatic N) is 2. The number of aryl methyl sites for hydroxylation is 1. The molecule has 0 aliphatic carbocycles. The molecule has 4 nitrogen and oxygen atoms in total. The largest absolute Gasteiger partial charge is 0.449 e. The Balaban J connectivity index is 1.55. The highest BCUT2D eigenvalue weighted by atomic mass is 32.2. The number of aromatic nitrogens is 1.